The first-order valence-corrected chi connectivity index (χ1v) is 7.36. The monoisotopic (exact) mass is 362 g/mol. The maximum Gasteiger partial charge on any atom is 0.273 e. The molecule has 0 fully saturated rings. The molecule has 0 atom stereocenters. The van der Waals surface area contributed by atoms with Crippen molar-refractivity contribution in [1.29, 1.82) is 0 Å². The summed E-state index contributed by atoms with van der Waals surface area (Å²) in [7, 11) is -4.10. The van der Waals surface area contributed by atoms with Crippen LogP contribution >= 0.6 is 27.5 Å². The SMILES string of the molecule is NCC(F)(F)CNS(=O)(=O)c1cccc(Br)c1Cl. The van der Waals surface area contributed by atoms with Crippen molar-refractivity contribution in [3.05, 3.63) is 27.7 Å². The van der Waals surface area contributed by atoms with Gasteiger partial charge in [0.1, 0.15) is 4.90 Å². The minimum absolute atomic E-state index is 0.0685. The van der Waals surface area contributed by atoms with E-state index in [4.69, 9.17) is 17.3 Å². The van der Waals surface area contributed by atoms with Gasteiger partial charge in [-0.15, -0.1) is 0 Å². The molecular weight excluding hydrogens is 354 g/mol. The number of benzene rings is 1. The van der Waals surface area contributed by atoms with Crippen molar-refractivity contribution in [2.24, 2.45) is 5.73 Å². The lowest BCUT2D eigenvalue weighted by molar-refractivity contribution is 0.0170. The molecule has 102 valence electrons. The highest BCUT2D eigenvalue weighted by molar-refractivity contribution is 9.10. The van der Waals surface area contributed by atoms with Crippen LogP contribution < -0.4 is 10.5 Å². The maximum atomic E-state index is 12.9. The van der Waals surface area contributed by atoms with E-state index in [0.29, 0.717) is 4.47 Å². The summed E-state index contributed by atoms with van der Waals surface area (Å²) in [5, 5.41) is -0.0685. The third-order valence-electron chi connectivity index (χ3n) is 2.03. The number of hydrogen-bond donors (Lipinski definition) is 2. The number of rotatable bonds is 5. The van der Waals surface area contributed by atoms with Crippen molar-refractivity contribution in [2.45, 2.75) is 10.8 Å². The molecule has 0 aromatic heterocycles. The highest BCUT2D eigenvalue weighted by Gasteiger charge is 2.30. The molecule has 1 aromatic rings. The van der Waals surface area contributed by atoms with Gasteiger partial charge in [-0.05, 0) is 28.1 Å². The van der Waals surface area contributed by atoms with Crippen LogP contribution in [0.4, 0.5) is 8.78 Å². The second-order valence-electron chi connectivity index (χ2n) is 3.44. The summed E-state index contributed by atoms with van der Waals surface area (Å²) >= 11 is 8.83. The van der Waals surface area contributed by atoms with Crippen LogP contribution in [0.3, 0.4) is 0 Å². The molecule has 3 N–H and O–H groups in total. The summed E-state index contributed by atoms with van der Waals surface area (Å²) in [6, 6.07) is 4.19. The Hall–Kier alpha value is -0.280. The first-order chi connectivity index (χ1) is 8.19. The Kier molecular flexibility index (Phi) is 5.07. The van der Waals surface area contributed by atoms with Crippen LogP contribution in [-0.2, 0) is 10.0 Å². The second-order valence-corrected chi connectivity index (χ2v) is 6.40. The Balaban J connectivity index is 2.98. The van der Waals surface area contributed by atoms with Crippen LogP contribution in [0.5, 0.6) is 0 Å². The summed E-state index contributed by atoms with van der Waals surface area (Å²) in [5.41, 5.74) is 4.81. The van der Waals surface area contributed by atoms with Crippen LogP contribution in [0, 0.1) is 0 Å². The molecule has 0 saturated heterocycles. The van der Waals surface area contributed by atoms with E-state index in [-0.39, 0.29) is 9.92 Å². The fourth-order valence-corrected chi connectivity index (χ4v) is 3.13. The zero-order valence-electron chi connectivity index (χ0n) is 8.96. The van der Waals surface area contributed by atoms with Crippen molar-refractivity contribution < 1.29 is 17.2 Å². The van der Waals surface area contributed by atoms with Crippen LogP contribution in [-0.4, -0.2) is 27.4 Å². The number of nitrogens with two attached hydrogens (primary N) is 1. The predicted molar refractivity (Wildman–Crippen MR) is 68.3 cm³/mol. The van der Waals surface area contributed by atoms with Crippen molar-refractivity contribution in [1.82, 2.24) is 4.72 Å². The van der Waals surface area contributed by atoms with Gasteiger partial charge in [0.15, 0.2) is 0 Å². The quantitative estimate of drug-likeness (QED) is 0.840. The van der Waals surface area contributed by atoms with E-state index in [0.717, 1.165) is 0 Å². The summed E-state index contributed by atoms with van der Waals surface area (Å²) in [4.78, 5) is -0.272. The molecule has 0 unspecified atom stereocenters. The van der Waals surface area contributed by atoms with Gasteiger partial charge in [-0.25, -0.2) is 21.9 Å². The summed E-state index contributed by atoms with van der Waals surface area (Å²) in [6.45, 7) is -2.02. The third kappa shape index (κ3) is 3.86. The second kappa shape index (κ2) is 5.79. The number of sulfonamides is 1. The summed E-state index contributed by atoms with van der Waals surface area (Å²) < 4.78 is 51.5. The van der Waals surface area contributed by atoms with E-state index in [2.05, 4.69) is 15.9 Å². The molecule has 0 amide bonds. The molecule has 0 bridgehead atoms. The van der Waals surface area contributed by atoms with Gasteiger partial charge in [-0.3, -0.25) is 0 Å². The molecule has 4 nitrogen and oxygen atoms in total. The molecular formula is C9H10BrClF2N2O2S. The molecule has 18 heavy (non-hydrogen) atoms. The standard InChI is InChI=1S/C9H10BrClF2N2O2S/c10-6-2-1-3-7(8(6)11)18(16,17)15-5-9(12,13)4-14/h1-3,15H,4-5,14H2. The van der Waals surface area contributed by atoms with Crippen LogP contribution in [0.2, 0.25) is 5.02 Å². The molecule has 9 heteroatoms. The lowest BCUT2D eigenvalue weighted by Crippen LogP contribution is -2.41. The van der Waals surface area contributed by atoms with Gasteiger partial charge in [0.05, 0.1) is 18.1 Å². The fourth-order valence-electron chi connectivity index (χ4n) is 1.04. The third-order valence-corrected chi connectivity index (χ3v) is 4.88. The number of alkyl halides is 2. The molecule has 0 aliphatic heterocycles. The van der Waals surface area contributed by atoms with E-state index < -0.39 is 29.0 Å². The van der Waals surface area contributed by atoms with Gasteiger partial charge in [-0.1, -0.05) is 17.7 Å². The molecule has 0 saturated carbocycles. The van der Waals surface area contributed by atoms with Gasteiger partial charge >= 0.3 is 0 Å². The van der Waals surface area contributed by atoms with Crippen molar-refractivity contribution >= 4 is 37.6 Å². The van der Waals surface area contributed by atoms with Crippen molar-refractivity contribution in [2.75, 3.05) is 13.1 Å². The molecule has 0 heterocycles. The Labute approximate surface area is 117 Å². The van der Waals surface area contributed by atoms with Gasteiger partial charge in [-0.2, -0.15) is 0 Å². The Morgan fingerprint density at radius 1 is 1.44 bits per heavy atom. The maximum absolute atomic E-state index is 12.9. The Morgan fingerprint density at radius 2 is 2.06 bits per heavy atom. The molecule has 1 rings (SSSR count). The zero-order valence-corrected chi connectivity index (χ0v) is 12.1. The minimum atomic E-state index is -4.10. The average molecular weight is 364 g/mol. The van der Waals surface area contributed by atoms with E-state index in [1.807, 2.05) is 0 Å². The first kappa shape index (κ1) is 15.8. The average Bonchev–Trinajstić information content (AvgIpc) is 2.30. The topological polar surface area (TPSA) is 72.2 Å². The molecule has 1 aromatic carbocycles. The first-order valence-electron chi connectivity index (χ1n) is 4.71. The minimum Gasteiger partial charge on any atom is -0.325 e. The summed E-state index contributed by atoms with van der Waals surface area (Å²) in [6.07, 6.45) is 0. The fraction of sp³-hybridized carbons (Fsp3) is 0.333. The molecule has 0 aliphatic rings. The lowest BCUT2D eigenvalue weighted by Gasteiger charge is -2.15. The molecule has 0 aliphatic carbocycles. The van der Waals surface area contributed by atoms with E-state index in [9.17, 15) is 17.2 Å². The molecule has 0 spiro atoms. The van der Waals surface area contributed by atoms with Crippen molar-refractivity contribution in [3.8, 4) is 0 Å². The number of halogens is 4. The van der Waals surface area contributed by atoms with E-state index >= 15 is 0 Å². The van der Waals surface area contributed by atoms with Gasteiger partial charge in [0.2, 0.25) is 10.0 Å². The predicted octanol–water partition coefficient (Wildman–Crippen LogP) is 1.97. The largest absolute Gasteiger partial charge is 0.325 e. The zero-order chi connectivity index (χ0) is 14.0. The number of nitrogens with one attached hydrogen (secondary N) is 1. The number of hydrogen-bond acceptors (Lipinski definition) is 3. The van der Waals surface area contributed by atoms with Crippen LogP contribution in [0.1, 0.15) is 0 Å². The Bertz CT molecular complexity index is 539. The van der Waals surface area contributed by atoms with Crippen LogP contribution in [0.25, 0.3) is 0 Å². The van der Waals surface area contributed by atoms with E-state index in [1.165, 1.54) is 18.2 Å². The molecule has 0 radical (unpaired) electrons. The highest BCUT2D eigenvalue weighted by Crippen LogP contribution is 2.29. The lowest BCUT2D eigenvalue weighted by atomic mass is 10.3. The van der Waals surface area contributed by atoms with Gasteiger partial charge in [0, 0.05) is 4.47 Å². The normalized spacial score (nSPS) is 12.7. The van der Waals surface area contributed by atoms with E-state index in [1.54, 1.807) is 4.72 Å². The van der Waals surface area contributed by atoms with Crippen molar-refractivity contribution in [3.63, 3.8) is 0 Å². The highest BCUT2D eigenvalue weighted by atomic mass is 79.9. The smallest absolute Gasteiger partial charge is 0.273 e. The van der Waals surface area contributed by atoms with Gasteiger partial charge < -0.3 is 5.73 Å². The summed E-state index contributed by atoms with van der Waals surface area (Å²) in [5.74, 6) is -3.30. The van der Waals surface area contributed by atoms with Crippen LogP contribution in [0.15, 0.2) is 27.6 Å². The Morgan fingerprint density at radius 3 is 2.61 bits per heavy atom. The van der Waals surface area contributed by atoms with Gasteiger partial charge in [0.25, 0.3) is 5.92 Å².